The third-order valence-electron chi connectivity index (χ3n) is 5.75. The number of rotatable bonds is 12. The second kappa shape index (κ2) is 13.7. The molecule has 0 spiro atoms. The lowest BCUT2D eigenvalue weighted by Gasteiger charge is -2.34. The molecule has 1 unspecified atom stereocenters. The van der Waals surface area contributed by atoms with E-state index >= 15 is 0 Å². The van der Waals surface area contributed by atoms with Gasteiger partial charge in [0.15, 0.2) is 0 Å². The number of carbonyl (C=O) groups is 3. The lowest BCUT2D eigenvalue weighted by Crippen LogP contribution is -2.57. The molecule has 1 N–H and O–H groups in total. The summed E-state index contributed by atoms with van der Waals surface area (Å²) in [6.07, 6.45) is -0.254. The summed E-state index contributed by atoms with van der Waals surface area (Å²) >= 11 is 0. The van der Waals surface area contributed by atoms with Crippen LogP contribution < -0.4 is 19.5 Å². The highest BCUT2D eigenvalue weighted by Crippen LogP contribution is 2.19. The van der Waals surface area contributed by atoms with Crippen LogP contribution in [0.5, 0.6) is 17.2 Å². The quantitative estimate of drug-likeness (QED) is 0.290. The molecular formula is C29H30N2O7. The highest BCUT2D eigenvalue weighted by Gasteiger charge is 2.35. The van der Waals surface area contributed by atoms with Crippen LogP contribution in [0.15, 0.2) is 84.9 Å². The molecule has 1 saturated heterocycles. The maximum atomic E-state index is 13.3. The van der Waals surface area contributed by atoms with Gasteiger partial charge in [-0.25, -0.2) is 0 Å². The highest BCUT2D eigenvalue weighted by molar-refractivity contribution is 5.99. The minimum absolute atomic E-state index is 0.0311. The molecule has 3 aromatic rings. The molecule has 0 saturated carbocycles. The fraction of sp³-hybridized carbons (Fsp3) is 0.276. The first-order valence-corrected chi connectivity index (χ1v) is 12.4. The van der Waals surface area contributed by atoms with Crippen molar-refractivity contribution in [3.63, 3.8) is 0 Å². The van der Waals surface area contributed by atoms with E-state index in [9.17, 15) is 14.4 Å². The van der Waals surface area contributed by atoms with Gasteiger partial charge in [-0.3, -0.25) is 14.4 Å². The Morgan fingerprint density at radius 3 is 2.00 bits per heavy atom. The fourth-order valence-corrected chi connectivity index (χ4v) is 3.93. The number of hydrogen-bond acceptors (Lipinski definition) is 7. The molecule has 198 valence electrons. The molecule has 38 heavy (non-hydrogen) atoms. The average molecular weight is 519 g/mol. The first kappa shape index (κ1) is 26.5. The van der Waals surface area contributed by atoms with E-state index < -0.39 is 17.9 Å². The Labute approximate surface area is 221 Å². The molecule has 3 aromatic carbocycles. The van der Waals surface area contributed by atoms with Crippen LogP contribution in [0.3, 0.4) is 0 Å². The molecule has 1 fully saturated rings. The van der Waals surface area contributed by atoms with Crippen LogP contribution in [0.1, 0.15) is 16.8 Å². The van der Waals surface area contributed by atoms with Crippen LogP contribution in [0.2, 0.25) is 0 Å². The zero-order chi connectivity index (χ0) is 26.6. The van der Waals surface area contributed by atoms with Gasteiger partial charge in [0.1, 0.15) is 49.7 Å². The Kier molecular flexibility index (Phi) is 9.56. The van der Waals surface area contributed by atoms with Crippen molar-refractivity contribution >= 4 is 17.8 Å². The van der Waals surface area contributed by atoms with Gasteiger partial charge in [0.2, 0.25) is 5.91 Å². The molecule has 9 nitrogen and oxygen atoms in total. The number of ether oxygens (including phenoxy) is 4. The molecule has 0 aliphatic carbocycles. The first-order valence-electron chi connectivity index (χ1n) is 12.4. The number of nitrogens with one attached hydrogen (secondary N) is 1. The molecule has 0 radical (unpaired) electrons. The minimum Gasteiger partial charge on any atom is -0.490 e. The summed E-state index contributed by atoms with van der Waals surface area (Å²) in [4.78, 5) is 39.7. The van der Waals surface area contributed by atoms with Gasteiger partial charge in [-0.15, -0.1) is 0 Å². The minimum atomic E-state index is -0.970. The van der Waals surface area contributed by atoms with Gasteiger partial charge in [0.25, 0.3) is 5.91 Å². The number of carbonyl (C=O) groups excluding carboxylic acids is 3. The number of nitrogens with zero attached hydrogens (tertiary/aromatic N) is 1. The average Bonchev–Trinajstić information content (AvgIpc) is 2.95. The number of hydrogen-bond donors (Lipinski definition) is 1. The normalized spacial score (nSPS) is 14.8. The van der Waals surface area contributed by atoms with Crippen molar-refractivity contribution in [2.45, 2.75) is 12.5 Å². The number of esters is 1. The molecule has 0 bridgehead atoms. The largest absolute Gasteiger partial charge is 0.490 e. The van der Waals surface area contributed by atoms with Crippen LogP contribution in [0.25, 0.3) is 0 Å². The summed E-state index contributed by atoms with van der Waals surface area (Å²) in [5.74, 6) is 0.572. The van der Waals surface area contributed by atoms with Gasteiger partial charge < -0.3 is 29.2 Å². The zero-order valence-electron chi connectivity index (χ0n) is 20.9. The molecule has 9 heteroatoms. The molecule has 0 aromatic heterocycles. The van der Waals surface area contributed by atoms with Gasteiger partial charge in [0, 0.05) is 18.7 Å². The Morgan fingerprint density at radius 2 is 1.34 bits per heavy atom. The summed E-state index contributed by atoms with van der Waals surface area (Å²) in [5, 5.41) is 2.72. The zero-order valence-corrected chi connectivity index (χ0v) is 20.9. The smallest absolute Gasteiger partial charge is 0.308 e. The summed E-state index contributed by atoms with van der Waals surface area (Å²) < 4.78 is 22.1. The summed E-state index contributed by atoms with van der Waals surface area (Å²) in [5.41, 5.74) is 0.357. The standard InChI is InChI=1S/C29H30N2O7/c32-27(38-19-18-36-24-11-5-2-6-12-24)21-26-28(33)30-14-15-31(26)29(34)22-8-7-13-25(20-22)37-17-16-35-23-9-3-1-4-10-23/h1-13,20,26H,14-19,21H2,(H,30,33). The topological polar surface area (TPSA) is 103 Å². The van der Waals surface area contributed by atoms with E-state index in [-0.39, 0.29) is 32.1 Å². The maximum Gasteiger partial charge on any atom is 0.308 e. The molecule has 1 aliphatic heterocycles. The molecule has 1 atom stereocenters. The highest BCUT2D eigenvalue weighted by atomic mass is 16.6. The fourth-order valence-electron chi connectivity index (χ4n) is 3.93. The lowest BCUT2D eigenvalue weighted by molar-refractivity contribution is -0.148. The van der Waals surface area contributed by atoms with Crippen molar-refractivity contribution in [1.82, 2.24) is 10.2 Å². The predicted molar refractivity (Wildman–Crippen MR) is 139 cm³/mol. The van der Waals surface area contributed by atoms with Gasteiger partial charge >= 0.3 is 5.97 Å². The van der Waals surface area contributed by atoms with E-state index in [0.717, 1.165) is 5.75 Å². The van der Waals surface area contributed by atoms with Gasteiger partial charge in [0.05, 0.1) is 6.42 Å². The maximum absolute atomic E-state index is 13.3. The Hall–Kier alpha value is -4.53. The SMILES string of the molecule is O=C(CC1C(=O)NCCN1C(=O)c1cccc(OCCOc2ccccc2)c1)OCCOc1ccccc1. The number of benzene rings is 3. The monoisotopic (exact) mass is 518 g/mol. The van der Waals surface area contributed by atoms with Crippen molar-refractivity contribution in [2.24, 2.45) is 0 Å². The van der Waals surface area contributed by atoms with E-state index in [1.165, 1.54) is 4.90 Å². The Bertz CT molecular complexity index is 1200. The number of piperazine rings is 1. The predicted octanol–water partition coefficient (Wildman–Crippen LogP) is 3.10. The first-order chi connectivity index (χ1) is 18.6. The van der Waals surface area contributed by atoms with Crippen molar-refractivity contribution in [3.05, 3.63) is 90.5 Å². The van der Waals surface area contributed by atoms with E-state index in [1.54, 1.807) is 36.4 Å². The summed E-state index contributed by atoms with van der Waals surface area (Å²) in [6.45, 7) is 1.42. The van der Waals surface area contributed by atoms with Crippen molar-refractivity contribution in [2.75, 3.05) is 39.5 Å². The van der Waals surface area contributed by atoms with E-state index in [1.807, 2.05) is 48.5 Å². The molecule has 2 amide bonds. The second-order valence-corrected chi connectivity index (χ2v) is 8.43. The second-order valence-electron chi connectivity index (χ2n) is 8.43. The summed E-state index contributed by atoms with van der Waals surface area (Å²) in [7, 11) is 0. The van der Waals surface area contributed by atoms with Crippen LogP contribution >= 0.6 is 0 Å². The van der Waals surface area contributed by atoms with Crippen molar-refractivity contribution in [1.29, 1.82) is 0 Å². The van der Waals surface area contributed by atoms with Crippen molar-refractivity contribution in [3.8, 4) is 17.2 Å². The number of amides is 2. The van der Waals surface area contributed by atoms with E-state index in [0.29, 0.717) is 36.8 Å². The van der Waals surface area contributed by atoms with Crippen LogP contribution in [-0.4, -0.2) is 68.2 Å². The number of para-hydroxylation sites is 2. The van der Waals surface area contributed by atoms with Gasteiger partial charge in [-0.2, -0.15) is 0 Å². The van der Waals surface area contributed by atoms with Crippen LogP contribution in [-0.2, 0) is 14.3 Å². The molecular weight excluding hydrogens is 488 g/mol. The van der Waals surface area contributed by atoms with Crippen LogP contribution in [0, 0.1) is 0 Å². The molecule has 1 heterocycles. The van der Waals surface area contributed by atoms with E-state index in [4.69, 9.17) is 18.9 Å². The summed E-state index contributed by atoms with van der Waals surface area (Å²) in [6, 6.07) is 24.3. The van der Waals surface area contributed by atoms with Crippen molar-refractivity contribution < 1.29 is 33.3 Å². The Balaban J connectivity index is 1.28. The van der Waals surface area contributed by atoms with Crippen LogP contribution in [0.4, 0.5) is 0 Å². The van der Waals surface area contributed by atoms with E-state index in [2.05, 4.69) is 5.32 Å². The third kappa shape index (κ3) is 7.73. The molecule has 1 aliphatic rings. The lowest BCUT2D eigenvalue weighted by atomic mass is 10.1. The Morgan fingerprint density at radius 1 is 0.763 bits per heavy atom. The van der Waals surface area contributed by atoms with Gasteiger partial charge in [-0.1, -0.05) is 42.5 Å². The van der Waals surface area contributed by atoms with Gasteiger partial charge in [-0.05, 0) is 42.5 Å². The molecule has 4 rings (SSSR count). The third-order valence-corrected chi connectivity index (χ3v) is 5.75.